The highest BCUT2D eigenvalue weighted by molar-refractivity contribution is 5.89. The van der Waals surface area contributed by atoms with Gasteiger partial charge >= 0.3 is 12.3 Å². The minimum Gasteiger partial charge on any atom is -0.410 e. The zero-order valence-corrected chi connectivity index (χ0v) is 18.5. The van der Waals surface area contributed by atoms with Crippen molar-refractivity contribution in [2.75, 3.05) is 31.1 Å². The molecule has 4 heterocycles. The van der Waals surface area contributed by atoms with Crippen LogP contribution < -0.4 is 15.0 Å². The van der Waals surface area contributed by atoms with Crippen molar-refractivity contribution in [3.05, 3.63) is 30.5 Å². The number of hydrogen-bond donors (Lipinski definition) is 2. The van der Waals surface area contributed by atoms with E-state index in [4.69, 9.17) is 19.6 Å². The molecule has 2 aromatic heterocycles. The monoisotopic (exact) mass is 492 g/mol. The number of benzene rings is 1. The Labute approximate surface area is 197 Å². The Morgan fingerprint density at radius 1 is 1.17 bits per heavy atom. The van der Waals surface area contributed by atoms with Crippen molar-refractivity contribution in [1.29, 1.82) is 0 Å². The van der Waals surface area contributed by atoms with Crippen molar-refractivity contribution in [2.45, 2.75) is 37.8 Å². The molecule has 2 saturated heterocycles. The molecule has 186 valence electrons. The van der Waals surface area contributed by atoms with Gasteiger partial charge < -0.3 is 24.8 Å². The van der Waals surface area contributed by atoms with E-state index in [2.05, 4.69) is 15.4 Å². The Bertz CT molecular complexity index is 1200. The van der Waals surface area contributed by atoms with Crippen molar-refractivity contribution in [3.8, 4) is 17.1 Å². The number of ether oxygens (including phenoxy) is 2. The lowest BCUT2D eigenvalue weighted by Gasteiger charge is -2.33. The molecule has 0 radical (unpaired) electrons. The summed E-state index contributed by atoms with van der Waals surface area (Å²) in [5, 5.41) is 15.5. The molecule has 2 bridgehead atoms. The summed E-state index contributed by atoms with van der Waals surface area (Å²) >= 11 is 0. The average Bonchev–Trinajstić information content (AvgIpc) is 3.38. The third-order valence-electron chi connectivity index (χ3n) is 5.85. The molecule has 1 amide bonds. The molecule has 2 N–H and O–H groups in total. The first-order chi connectivity index (χ1) is 16.8. The van der Waals surface area contributed by atoms with Gasteiger partial charge in [0.1, 0.15) is 18.1 Å². The number of nitrogens with zero attached hydrogens (tertiary/aromatic N) is 5. The number of alkyl halides is 3. The summed E-state index contributed by atoms with van der Waals surface area (Å²) in [4.78, 5) is 22.8. The van der Waals surface area contributed by atoms with E-state index in [1.54, 1.807) is 12.1 Å². The van der Waals surface area contributed by atoms with Crippen LogP contribution in [0.25, 0.3) is 22.4 Å². The molecule has 1 aromatic carbocycles. The molecule has 2 unspecified atom stereocenters. The number of halogens is 3. The van der Waals surface area contributed by atoms with Crippen molar-refractivity contribution >= 4 is 22.9 Å². The van der Waals surface area contributed by atoms with E-state index >= 15 is 0 Å². The number of anilines is 1. The van der Waals surface area contributed by atoms with Crippen LogP contribution in [0.5, 0.6) is 5.75 Å². The second kappa shape index (κ2) is 9.30. The van der Waals surface area contributed by atoms with Crippen molar-refractivity contribution in [3.63, 3.8) is 0 Å². The highest BCUT2D eigenvalue weighted by Gasteiger charge is 2.36. The summed E-state index contributed by atoms with van der Waals surface area (Å²) in [5.74, 6) is 0.992. The number of morpholine rings is 1. The second-order valence-corrected chi connectivity index (χ2v) is 8.45. The summed E-state index contributed by atoms with van der Waals surface area (Å²) in [5.41, 5.74) is 0.622. The van der Waals surface area contributed by atoms with E-state index < -0.39 is 18.8 Å². The standard InChI is InChI=1S/C22H23F3N6O4/c23-22(24,25)12-31-20-17(9-27-31)19(30-10-15-5-6-16(11-30)34-15)28-18(29-20)13-1-3-14(4-2-13)35-21(33)26-7-8-32/h1-4,9,15-16,32H,5-8,10-12H2,(H,26,33). The van der Waals surface area contributed by atoms with Crippen LogP contribution in [0.2, 0.25) is 0 Å². The molecule has 35 heavy (non-hydrogen) atoms. The van der Waals surface area contributed by atoms with E-state index in [0.29, 0.717) is 29.9 Å². The van der Waals surface area contributed by atoms with Gasteiger partial charge in [-0.3, -0.25) is 0 Å². The second-order valence-electron chi connectivity index (χ2n) is 8.45. The van der Waals surface area contributed by atoms with Crippen LogP contribution in [-0.4, -0.2) is 75.6 Å². The average molecular weight is 492 g/mol. The van der Waals surface area contributed by atoms with E-state index in [1.165, 1.54) is 18.3 Å². The highest BCUT2D eigenvalue weighted by Crippen LogP contribution is 2.34. The fraction of sp³-hybridized carbons (Fsp3) is 0.455. The Balaban J connectivity index is 1.50. The molecule has 13 heteroatoms. The zero-order valence-electron chi connectivity index (χ0n) is 18.5. The molecule has 2 aliphatic heterocycles. The zero-order chi connectivity index (χ0) is 24.6. The van der Waals surface area contributed by atoms with Crippen molar-refractivity contribution in [1.82, 2.24) is 25.1 Å². The van der Waals surface area contributed by atoms with Gasteiger partial charge in [-0.15, -0.1) is 0 Å². The number of amides is 1. The van der Waals surface area contributed by atoms with E-state index in [9.17, 15) is 18.0 Å². The fourth-order valence-corrected chi connectivity index (χ4v) is 4.36. The molecule has 0 saturated carbocycles. The molecular weight excluding hydrogens is 469 g/mol. The number of aliphatic hydroxyl groups excluding tert-OH is 1. The number of rotatable bonds is 6. The van der Waals surface area contributed by atoms with Crippen LogP contribution in [0, 0.1) is 0 Å². The van der Waals surface area contributed by atoms with Gasteiger partial charge in [0.25, 0.3) is 0 Å². The molecule has 2 fully saturated rings. The first kappa shape index (κ1) is 23.3. The Hall–Kier alpha value is -3.45. The van der Waals surface area contributed by atoms with Gasteiger partial charge in [-0.25, -0.2) is 19.4 Å². The van der Waals surface area contributed by atoms with Gasteiger partial charge in [0.2, 0.25) is 0 Å². The van der Waals surface area contributed by atoms with Crippen LogP contribution in [0.4, 0.5) is 23.8 Å². The Morgan fingerprint density at radius 3 is 2.54 bits per heavy atom. The van der Waals surface area contributed by atoms with Gasteiger partial charge in [0, 0.05) is 25.2 Å². The molecule has 2 aliphatic rings. The quantitative estimate of drug-likeness (QED) is 0.540. The number of carbonyl (C=O) groups is 1. The molecule has 2 atom stereocenters. The number of hydrogen-bond acceptors (Lipinski definition) is 8. The third-order valence-corrected chi connectivity index (χ3v) is 5.85. The lowest BCUT2D eigenvalue weighted by Crippen LogP contribution is -2.43. The van der Waals surface area contributed by atoms with Crippen molar-refractivity contribution in [2.24, 2.45) is 0 Å². The molecular formula is C22H23F3N6O4. The smallest absolute Gasteiger partial charge is 0.410 e. The molecule has 5 rings (SSSR count). The number of nitrogens with one attached hydrogen (secondary N) is 1. The van der Waals surface area contributed by atoms with Gasteiger partial charge in [0.05, 0.1) is 30.4 Å². The summed E-state index contributed by atoms with van der Waals surface area (Å²) < 4.78 is 51.4. The lowest BCUT2D eigenvalue weighted by molar-refractivity contribution is -0.141. The van der Waals surface area contributed by atoms with Crippen LogP contribution in [0.1, 0.15) is 12.8 Å². The maximum Gasteiger partial charge on any atom is 0.412 e. The van der Waals surface area contributed by atoms with Crippen molar-refractivity contribution < 1.29 is 32.5 Å². The Kier molecular flexibility index (Phi) is 6.19. The summed E-state index contributed by atoms with van der Waals surface area (Å²) in [7, 11) is 0. The third kappa shape index (κ3) is 5.15. The summed E-state index contributed by atoms with van der Waals surface area (Å²) in [6.45, 7) is -0.255. The fourth-order valence-electron chi connectivity index (χ4n) is 4.36. The first-order valence-electron chi connectivity index (χ1n) is 11.2. The number of aromatic nitrogens is 4. The predicted molar refractivity (Wildman–Crippen MR) is 118 cm³/mol. The van der Waals surface area contributed by atoms with Crippen LogP contribution in [0.15, 0.2) is 30.5 Å². The molecule has 10 nitrogen and oxygen atoms in total. The molecule has 3 aromatic rings. The topological polar surface area (TPSA) is 115 Å². The number of carbonyl (C=O) groups excluding carboxylic acids is 1. The minimum absolute atomic E-state index is 0.0563. The summed E-state index contributed by atoms with van der Waals surface area (Å²) in [6, 6.07) is 6.30. The van der Waals surface area contributed by atoms with E-state index in [0.717, 1.165) is 17.5 Å². The SMILES string of the molecule is O=C(NCCO)Oc1ccc(-c2nc(N3CC4CCC(C3)O4)c3cnn(CC(F)(F)F)c3n2)cc1. The van der Waals surface area contributed by atoms with Gasteiger partial charge in [0.15, 0.2) is 11.5 Å². The Morgan fingerprint density at radius 2 is 1.89 bits per heavy atom. The summed E-state index contributed by atoms with van der Waals surface area (Å²) in [6.07, 6.45) is -1.82. The maximum absolute atomic E-state index is 13.2. The number of aliphatic hydroxyl groups is 1. The first-order valence-corrected chi connectivity index (χ1v) is 11.2. The lowest BCUT2D eigenvalue weighted by atomic mass is 10.2. The predicted octanol–water partition coefficient (Wildman–Crippen LogP) is 2.50. The van der Waals surface area contributed by atoms with E-state index in [1.807, 2.05) is 4.90 Å². The maximum atomic E-state index is 13.2. The largest absolute Gasteiger partial charge is 0.412 e. The van der Waals surface area contributed by atoms with Gasteiger partial charge in [-0.05, 0) is 37.1 Å². The normalized spacial score (nSPS) is 19.8. The van der Waals surface area contributed by atoms with Crippen LogP contribution >= 0.6 is 0 Å². The van der Waals surface area contributed by atoms with Crippen LogP contribution in [-0.2, 0) is 11.3 Å². The number of fused-ring (bicyclic) bond motifs is 3. The van der Waals surface area contributed by atoms with E-state index in [-0.39, 0.29) is 42.6 Å². The van der Waals surface area contributed by atoms with Gasteiger partial charge in [-0.1, -0.05) is 0 Å². The van der Waals surface area contributed by atoms with Gasteiger partial charge in [-0.2, -0.15) is 18.3 Å². The highest BCUT2D eigenvalue weighted by atomic mass is 19.4. The van der Waals surface area contributed by atoms with Crippen LogP contribution in [0.3, 0.4) is 0 Å². The minimum atomic E-state index is -4.46. The molecule has 0 spiro atoms. The molecule has 0 aliphatic carbocycles.